The maximum absolute atomic E-state index is 14.2. The van der Waals surface area contributed by atoms with Crippen LogP contribution in [0.25, 0.3) is 0 Å². The molecule has 3 aliphatic rings. The van der Waals surface area contributed by atoms with E-state index in [0.29, 0.717) is 18.9 Å². The first-order chi connectivity index (χ1) is 15.6. The molecule has 0 bridgehead atoms. The normalized spacial score (nSPS) is 25.5. The number of likely N-dealkylation sites (tertiary alicyclic amines) is 1. The van der Waals surface area contributed by atoms with Crippen LogP contribution in [0.4, 0.5) is 4.39 Å². The van der Waals surface area contributed by atoms with Crippen molar-refractivity contribution in [3.8, 4) is 0 Å². The molecule has 3 atom stereocenters. The van der Waals surface area contributed by atoms with E-state index in [1.54, 1.807) is 12.1 Å². The highest BCUT2D eigenvalue weighted by Gasteiger charge is 2.41. The SMILES string of the molecule is CCOC(=O)CC1CCN(CC2CC3c4ccccc4Cc4ccc(F)cc4C3O2)CC1. The van der Waals surface area contributed by atoms with Crippen LogP contribution in [-0.2, 0) is 20.7 Å². The molecule has 0 radical (unpaired) electrons. The van der Waals surface area contributed by atoms with Gasteiger partial charge in [-0.15, -0.1) is 0 Å². The molecule has 1 aliphatic carbocycles. The van der Waals surface area contributed by atoms with Gasteiger partial charge in [0.1, 0.15) is 5.82 Å². The predicted molar refractivity (Wildman–Crippen MR) is 121 cm³/mol. The van der Waals surface area contributed by atoms with E-state index in [1.165, 1.54) is 16.7 Å². The van der Waals surface area contributed by atoms with Crippen LogP contribution in [0.1, 0.15) is 66.9 Å². The second kappa shape index (κ2) is 9.32. The molecule has 170 valence electrons. The number of hydrogen-bond donors (Lipinski definition) is 0. The van der Waals surface area contributed by atoms with Gasteiger partial charge in [-0.1, -0.05) is 30.3 Å². The molecular weight excluding hydrogens is 405 g/mol. The molecular formula is C27H32FNO3. The molecule has 32 heavy (non-hydrogen) atoms. The number of piperidine rings is 1. The molecule has 0 saturated carbocycles. The van der Waals surface area contributed by atoms with Crippen molar-refractivity contribution in [1.82, 2.24) is 4.90 Å². The average Bonchev–Trinajstić information content (AvgIpc) is 3.15. The topological polar surface area (TPSA) is 38.8 Å². The molecule has 0 N–H and O–H groups in total. The Bertz CT molecular complexity index is 969. The lowest BCUT2D eigenvalue weighted by Crippen LogP contribution is -2.39. The van der Waals surface area contributed by atoms with Crippen molar-refractivity contribution in [2.24, 2.45) is 5.92 Å². The highest BCUT2D eigenvalue weighted by atomic mass is 19.1. The first-order valence-corrected chi connectivity index (χ1v) is 12.0. The third-order valence-electron chi connectivity index (χ3n) is 7.40. The molecule has 4 nitrogen and oxygen atoms in total. The van der Waals surface area contributed by atoms with Gasteiger partial charge < -0.3 is 14.4 Å². The summed E-state index contributed by atoms with van der Waals surface area (Å²) in [5.41, 5.74) is 4.87. The number of rotatable bonds is 5. The summed E-state index contributed by atoms with van der Waals surface area (Å²) in [6, 6.07) is 13.8. The van der Waals surface area contributed by atoms with Crippen LogP contribution in [0, 0.1) is 11.7 Å². The number of carbonyl (C=O) groups excluding carboxylic acids is 1. The molecule has 0 amide bonds. The number of esters is 1. The Labute approximate surface area is 189 Å². The number of fused-ring (bicyclic) bond motifs is 5. The summed E-state index contributed by atoms with van der Waals surface area (Å²) in [4.78, 5) is 14.3. The Morgan fingerprint density at radius 2 is 1.91 bits per heavy atom. The average molecular weight is 438 g/mol. The molecule has 2 fully saturated rings. The minimum Gasteiger partial charge on any atom is -0.466 e. The van der Waals surface area contributed by atoms with Crippen LogP contribution >= 0.6 is 0 Å². The summed E-state index contributed by atoms with van der Waals surface area (Å²) in [6.45, 7) is 5.18. The van der Waals surface area contributed by atoms with E-state index >= 15 is 0 Å². The molecule has 2 aliphatic heterocycles. The fourth-order valence-corrected chi connectivity index (χ4v) is 5.83. The van der Waals surface area contributed by atoms with Crippen LogP contribution in [-0.4, -0.2) is 43.2 Å². The van der Waals surface area contributed by atoms with Crippen molar-refractivity contribution >= 4 is 5.97 Å². The Morgan fingerprint density at radius 3 is 2.72 bits per heavy atom. The zero-order valence-corrected chi connectivity index (χ0v) is 18.8. The zero-order chi connectivity index (χ0) is 22.1. The molecule has 3 unspecified atom stereocenters. The van der Waals surface area contributed by atoms with Gasteiger partial charge in [0.25, 0.3) is 0 Å². The molecule has 2 saturated heterocycles. The van der Waals surface area contributed by atoms with Crippen LogP contribution in [0.15, 0.2) is 42.5 Å². The summed E-state index contributed by atoms with van der Waals surface area (Å²) in [6.07, 6.45) is 4.42. The Hall–Kier alpha value is -2.24. The van der Waals surface area contributed by atoms with Gasteiger partial charge in [-0.25, -0.2) is 4.39 Å². The molecule has 2 aromatic rings. The van der Waals surface area contributed by atoms with Gasteiger partial charge in [0.15, 0.2) is 0 Å². The lowest BCUT2D eigenvalue weighted by molar-refractivity contribution is -0.144. The minimum absolute atomic E-state index is 0.0743. The van der Waals surface area contributed by atoms with E-state index < -0.39 is 0 Å². The van der Waals surface area contributed by atoms with Gasteiger partial charge >= 0.3 is 5.97 Å². The van der Waals surface area contributed by atoms with E-state index in [9.17, 15) is 9.18 Å². The minimum atomic E-state index is -0.191. The number of carbonyl (C=O) groups is 1. The lowest BCUT2D eigenvalue weighted by atomic mass is 9.87. The number of benzene rings is 2. The van der Waals surface area contributed by atoms with E-state index in [0.717, 1.165) is 50.9 Å². The smallest absolute Gasteiger partial charge is 0.306 e. The lowest BCUT2D eigenvalue weighted by Gasteiger charge is -2.33. The van der Waals surface area contributed by atoms with Crippen molar-refractivity contribution in [3.63, 3.8) is 0 Å². The van der Waals surface area contributed by atoms with Gasteiger partial charge in [-0.2, -0.15) is 0 Å². The van der Waals surface area contributed by atoms with Crippen molar-refractivity contribution in [2.75, 3.05) is 26.2 Å². The first kappa shape index (κ1) is 21.6. The molecule has 5 rings (SSSR count). The highest BCUT2D eigenvalue weighted by molar-refractivity contribution is 5.69. The molecule has 5 heteroatoms. The molecule has 0 aromatic heterocycles. The zero-order valence-electron chi connectivity index (χ0n) is 18.8. The summed E-state index contributed by atoms with van der Waals surface area (Å²) in [5.74, 6) is 0.419. The quantitative estimate of drug-likeness (QED) is 0.617. The fourth-order valence-electron chi connectivity index (χ4n) is 5.83. The number of ether oxygens (including phenoxy) is 2. The standard InChI is InChI=1S/C27H32FNO3/c1-2-31-26(30)13-18-9-11-29(12-10-18)17-22-16-25-23-6-4-3-5-19(23)14-20-7-8-21(28)15-24(20)27(25)32-22/h3-8,15,18,22,25,27H,2,9-14,16-17H2,1H3. The highest BCUT2D eigenvalue weighted by Crippen LogP contribution is 2.49. The van der Waals surface area contributed by atoms with Gasteiger partial charge in [-0.3, -0.25) is 4.79 Å². The van der Waals surface area contributed by atoms with Crippen molar-refractivity contribution in [1.29, 1.82) is 0 Å². The van der Waals surface area contributed by atoms with Crippen LogP contribution in [0.3, 0.4) is 0 Å². The maximum Gasteiger partial charge on any atom is 0.306 e. The Kier molecular flexibility index (Phi) is 6.29. The van der Waals surface area contributed by atoms with Crippen LogP contribution < -0.4 is 0 Å². The van der Waals surface area contributed by atoms with Gasteiger partial charge in [0, 0.05) is 18.9 Å². The third-order valence-corrected chi connectivity index (χ3v) is 7.40. The number of nitrogens with zero attached hydrogens (tertiary/aromatic N) is 1. The second-order valence-corrected chi connectivity index (χ2v) is 9.49. The van der Waals surface area contributed by atoms with Crippen LogP contribution in [0.5, 0.6) is 0 Å². The Morgan fingerprint density at radius 1 is 1.12 bits per heavy atom. The summed E-state index contributed by atoms with van der Waals surface area (Å²) in [5, 5.41) is 0. The fraction of sp³-hybridized carbons (Fsp3) is 0.519. The summed E-state index contributed by atoms with van der Waals surface area (Å²) < 4.78 is 25.9. The monoisotopic (exact) mass is 437 g/mol. The van der Waals surface area contributed by atoms with Crippen molar-refractivity contribution in [2.45, 2.75) is 57.2 Å². The molecule has 0 spiro atoms. The van der Waals surface area contributed by atoms with Crippen molar-refractivity contribution < 1.29 is 18.7 Å². The largest absolute Gasteiger partial charge is 0.466 e. The van der Waals surface area contributed by atoms with Crippen LogP contribution in [0.2, 0.25) is 0 Å². The van der Waals surface area contributed by atoms with E-state index in [4.69, 9.17) is 9.47 Å². The number of halogens is 1. The first-order valence-electron chi connectivity index (χ1n) is 12.0. The van der Waals surface area contributed by atoms with E-state index in [-0.39, 0.29) is 29.9 Å². The molecule has 2 heterocycles. The van der Waals surface area contributed by atoms with Gasteiger partial charge in [-0.05, 0) is 86.0 Å². The molecule has 2 aromatic carbocycles. The second-order valence-electron chi connectivity index (χ2n) is 9.49. The van der Waals surface area contributed by atoms with Crippen molar-refractivity contribution in [3.05, 3.63) is 70.5 Å². The number of hydrogen-bond acceptors (Lipinski definition) is 4. The third kappa shape index (κ3) is 4.46. The Balaban J connectivity index is 1.27. The van der Waals surface area contributed by atoms with E-state index in [1.807, 2.05) is 13.0 Å². The summed E-state index contributed by atoms with van der Waals surface area (Å²) >= 11 is 0. The van der Waals surface area contributed by atoms with Gasteiger partial charge in [0.05, 0.1) is 18.8 Å². The van der Waals surface area contributed by atoms with Gasteiger partial charge in [0.2, 0.25) is 0 Å². The van der Waals surface area contributed by atoms with E-state index in [2.05, 4.69) is 29.2 Å². The maximum atomic E-state index is 14.2. The predicted octanol–water partition coefficient (Wildman–Crippen LogP) is 5.01. The summed E-state index contributed by atoms with van der Waals surface area (Å²) in [7, 11) is 0.